The van der Waals surface area contributed by atoms with Gasteiger partial charge in [0.2, 0.25) is 0 Å². The first-order valence-corrected chi connectivity index (χ1v) is 7.03. The molecule has 0 amide bonds. The Labute approximate surface area is 89.8 Å². The Morgan fingerprint density at radius 3 is 1.64 bits per heavy atom. The Bertz CT molecular complexity index is 539. The van der Waals surface area contributed by atoms with Crippen molar-refractivity contribution >= 4 is 36.2 Å². The maximum Gasteiger partial charge on any atom is 0.267 e. The van der Waals surface area contributed by atoms with E-state index >= 15 is 0 Å². The van der Waals surface area contributed by atoms with Crippen molar-refractivity contribution in [2.45, 2.75) is 9.79 Å². The van der Waals surface area contributed by atoms with E-state index in [1.165, 1.54) is 24.3 Å². The van der Waals surface area contributed by atoms with E-state index < -0.39 is 20.0 Å². The molecule has 2 rings (SSSR count). The molecule has 0 saturated carbocycles. The largest absolute Gasteiger partial charge is 0.267 e. The lowest BCUT2D eigenvalue weighted by Crippen LogP contribution is -2.19. The molecule has 1 aliphatic heterocycles. The molecule has 76 valence electrons. The predicted molar refractivity (Wildman–Crippen MR) is 51.6 cm³/mol. The van der Waals surface area contributed by atoms with Gasteiger partial charge < -0.3 is 0 Å². The number of halogens is 1. The van der Waals surface area contributed by atoms with Gasteiger partial charge in [-0.25, -0.2) is 16.8 Å². The SMILES string of the molecule is O=S1(=O)c2ccccc2S(=O)(=O)N1Br. The maximum absolute atomic E-state index is 11.5. The molecule has 1 aliphatic rings. The molecule has 0 bridgehead atoms. The van der Waals surface area contributed by atoms with Gasteiger partial charge >= 0.3 is 0 Å². The molecule has 0 unspecified atom stereocenters. The van der Waals surface area contributed by atoms with Crippen molar-refractivity contribution in [3.8, 4) is 0 Å². The maximum atomic E-state index is 11.5. The minimum Gasteiger partial charge on any atom is -0.205 e. The van der Waals surface area contributed by atoms with Gasteiger partial charge in [-0.1, -0.05) is 12.1 Å². The van der Waals surface area contributed by atoms with Crippen LogP contribution in [-0.4, -0.2) is 19.6 Å². The molecule has 1 heterocycles. The summed E-state index contributed by atoms with van der Waals surface area (Å²) in [4.78, 5) is -0.395. The van der Waals surface area contributed by atoms with E-state index in [2.05, 4.69) is 16.1 Å². The molecule has 0 saturated heterocycles. The van der Waals surface area contributed by atoms with Gasteiger partial charge in [0, 0.05) is 16.1 Å². The third-order valence-corrected chi connectivity index (χ3v) is 7.96. The normalized spacial score (nSPS) is 23.2. The van der Waals surface area contributed by atoms with Crippen molar-refractivity contribution in [1.29, 1.82) is 0 Å². The standard InChI is InChI=1S/C6H4BrNO4S2/c7-8-13(9,10)5-3-1-2-4-6(5)14(8,11)12/h1-4H. The third kappa shape index (κ3) is 1.08. The molecule has 0 fully saturated rings. The molecule has 1 aromatic rings. The van der Waals surface area contributed by atoms with E-state index in [0.29, 0.717) is 0 Å². The van der Waals surface area contributed by atoms with E-state index in [1.54, 1.807) is 0 Å². The van der Waals surface area contributed by atoms with Gasteiger partial charge in [-0.15, -0.1) is 0 Å². The van der Waals surface area contributed by atoms with Gasteiger partial charge in [0.25, 0.3) is 20.0 Å². The van der Waals surface area contributed by atoms with Crippen LogP contribution in [0.4, 0.5) is 0 Å². The van der Waals surface area contributed by atoms with E-state index in [4.69, 9.17) is 0 Å². The molecule has 0 aliphatic carbocycles. The van der Waals surface area contributed by atoms with Crippen LogP contribution in [0.2, 0.25) is 0 Å². The fourth-order valence-corrected chi connectivity index (χ4v) is 5.70. The second-order valence-electron chi connectivity index (χ2n) is 2.61. The van der Waals surface area contributed by atoms with Crippen molar-refractivity contribution in [2.75, 3.05) is 0 Å². The minimum atomic E-state index is -3.93. The average molecular weight is 298 g/mol. The minimum absolute atomic E-state index is 0.197. The number of sulfonamides is 2. The van der Waals surface area contributed by atoms with E-state index in [-0.39, 0.29) is 12.5 Å². The number of rotatable bonds is 0. The van der Waals surface area contributed by atoms with Crippen molar-refractivity contribution in [1.82, 2.24) is 2.74 Å². The van der Waals surface area contributed by atoms with Gasteiger partial charge in [-0.3, -0.25) is 0 Å². The number of nitrogens with zero attached hydrogens (tertiary/aromatic N) is 1. The number of benzene rings is 1. The highest BCUT2D eigenvalue weighted by Gasteiger charge is 2.45. The first kappa shape index (κ1) is 10.1. The summed E-state index contributed by atoms with van der Waals surface area (Å²) in [7, 11) is -7.86. The van der Waals surface area contributed by atoms with Crippen LogP contribution in [0.15, 0.2) is 34.1 Å². The molecular weight excluding hydrogens is 294 g/mol. The number of hydrogen-bond acceptors (Lipinski definition) is 4. The molecule has 5 nitrogen and oxygen atoms in total. The van der Waals surface area contributed by atoms with Gasteiger partial charge in [-0.2, -0.15) is 0 Å². The fraction of sp³-hybridized carbons (Fsp3) is 0. The molecule has 0 spiro atoms. The predicted octanol–water partition coefficient (Wildman–Crippen LogP) is 0.690. The summed E-state index contributed by atoms with van der Waals surface area (Å²) in [5.74, 6) is 0. The summed E-state index contributed by atoms with van der Waals surface area (Å²) >= 11 is 2.52. The summed E-state index contributed by atoms with van der Waals surface area (Å²) in [6.45, 7) is 0. The van der Waals surface area contributed by atoms with Gasteiger partial charge in [0.1, 0.15) is 9.79 Å². The zero-order chi connectivity index (χ0) is 10.6. The molecule has 0 N–H and O–H groups in total. The van der Waals surface area contributed by atoms with Crippen LogP contribution in [0.5, 0.6) is 0 Å². The van der Waals surface area contributed by atoms with Crippen LogP contribution < -0.4 is 0 Å². The lowest BCUT2D eigenvalue weighted by molar-refractivity contribution is 0.568. The van der Waals surface area contributed by atoms with Crippen molar-refractivity contribution in [3.05, 3.63) is 24.3 Å². The van der Waals surface area contributed by atoms with Crippen LogP contribution in [-0.2, 0) is 20.0 Å². The molecule has 14 heavy (non-hydrogen) atoms. The summed E-state index contributed by atoms with van der Waals surface area (Å²) in [6.07, 6.45) is 0. The highest BCUT2D eigenvalue weighted by Crippen LogP contribution is 2.38. The average Bonchev–Trinajstić information content (AvgIpc) is 2.28. The van der Waals surface area contributed by atoms with Gasteiger partial charge in [0.05, 0.1) is 0 Å². The topological polar surface area (TPSA) is 71.5 Å². The lowest BCUT2D eigenvalue weighted by atomic mass is 10.4. The van der Waals surface area contributed by atoms with Gasteiger partial charge in [0.15, 0.2) is 0 Å². The number of hydrogen-bond donors (Lipinski definition) is 0. The lowest BCUT2D eigenvalue weighted by Gasteiger charge is -2.01. The third-order valence-electron chi connectivity index (χ3n) is 1.78. The quantitative estimate of drug-likeness (QED) is 0.661. The van der Waals surface area contributed by atoms with Crippen molar-refractivity contribution in [2.24, 2.45) is 0 Å². The monoisotopic (exact) mass is 297 g/mol. The van der Waals surface area contributed by atoms with Crippen LogP contribution >= 0.6 is 16.1 Å². The molecule has 1 aromatic carbocycles. The Morgan fingerprint density at radius 1 is 0.929 bits per heavy atom. The van der Waals surface area contributed by atoms with E-state index in [9.17, 15) is 16.8 Å². The Balaban J connectivity index is 2.98. The van der Waals surface area contributed by atoms with Crippen LogP contribution in [0.3, 0.4) is 0 Å². The molecule has 8 heteroatoms. The van der Waals surface area contributed by atoms with E-state index in [1.807, 2.05) is 0 Å². The summed E-state index contributed by atoms with van der Waals surface area (Å²) < 4.78 is 46.2. The summed E-state index contributed by atoms with van der Waals surface area (Å²) in [6, 6.07) is 5.45. The molecule has 0 aromatic heterocycles. The molecule has 0 radical (unpaired) electrons. The van der Waals surface area contributed by atoms with Crippen molar-refractivity contribution in [3.63, 3.8) is 0 Å². The second kappa shape index (κ2) is 2.78. The van der Waals surface area contributed by atoms with Gasteiger partial charge in [-0.05, 0) is 14.9 Å². The molecular formula is C6H4BrNO4S2. The Morgan fingerprint density at radius 2 is 1.29 bits per heavy atom. The smallest absolute Gasteiger partial charge is 0.205 e. The zero-order valence-corrected chi connectivity index (χ0v) is 9.80. The highest BCUT2D eigenvalue weighted by molar-refractivity contribution is 9.10. The first-order valence-electron chi connectivity index (χ1n) is 3.44. The second-order valence-corrected chi connectivity index (χ2v) is 8.00. The summed E-state index contributed by atoms with van der Waals surface area (Å²) in [5, 5.41) is 0. The van der Waals surface area contributed by atoms with Crippen LogP contribution in [0, 0.1) is 0 Å². The van der Waals surface area contributed by atoms with Crippen LogP contribution in [0.1, 0.15) is 0 Å². The molecule has 0 atom stereocenters. The Hall–Kier alpha value is -0.440. The van der Waals surface area contributed by atoms with Crippen molar-refractivity contribution < 1.29 is 16.8 Å². The highest BCUT2D eigenvalue weighted by atomic mass is 79.9. The first-order chi connectivity index (χ1) is 6.38. The fourth-order valence-electron chi connectivity index (χ4n) is 1.16. The Kier molecular flexibility index (Phi) is 2.01. The van der Waals surface area contributed by atoms with E-state index in [0.717, 1.165) is 0 Å². The zero-order valence-electron chi connectivity index (χ0n) is 6.58. The van der Waals surface area contributed by atoms with Crippen LogP contribution in [0.25, 0.3) is 0 Å². The number of fused-ring (bicyclic) bond motifs is 1. The summed E-state index contributed by atoms with van der Waals surface area (Å²) in [5.41, 5.74) is 0.